The summed E-state index contributed by atoms with van der Waals surface area (Å²) < 4.78 is 40.7. The Labute approximate surface area is 216 Å². The number of hydrogen-bond donors (Lipinski definition) is 0. The quantitative estimate of drug-likeness (QED) is 0.510. The van der Waals surface area contributed by atoms with Crippen LogP contribution in [0.3, 0.4) is 0 Å². The Hall–Kier alpha value is -3.03. The predicted molar refractivity (Wildman–Crippen MR) is 135 cm³/mol. The minimum atomic E-state index is -4.45. The third-order valence-corrected chi connectivity index (χ3v) is 8.52. The number of hydrogen-bond acceptors (Lipinski definition) is 2. The Balaban J connectivity index is 1.49. The number of amides is 3. The minimum absolute atomic E-state index is 0.0822. The minimum Gasteiger partial charge on any atom is -0.335 e. The normalized spacial score (nSPS) is 22.2. The van der Waals surface area contributed by atoms with Gasteiger partial charge in [-0.1, -0.05) is 31.2 Å². The van der Waals surface area contributed by atoms with Crippen LogP contribution in [0.4, 0.5) is 18.0 Å². The van der Waals surface area contributed by atoms with Crippen LogP contribution in [0.5, 0.6) is 0 Å². The van der Waals surface area contributed by atoms with Crippen molar-refractivity contribution in [3.63, 3.8) is 0 Å². The number of carbonyl (C=O) groups excluding carboxylic acids is 2. The molecule has 3 amide bonds. The van der Waals surface area contributed by atoms with Crippen LogP contribution < -0.4 is 0 Å². The monoisotopic (exact) mass is 513 g/mol. The third kappa shape index (κ3) is 4.59. The maximum atomic E-state index is 14.0. The van der Waals surface area contributed by atoms with Gasteiger partial charge in [-0.15, -0.1) is 0 Å². The van der Waals surface area contributed by atoms with Crippen molar-refractivity contribution in [2.75, 3.05) is 20.1 Å². The van der Waals surface area contributed by atoms with Gasteiger partial charge >= 0.3 is 12.2 Å². The summed E-state index contributed by atoms with van der Waals surface area (Å²) in [6.07, 6.45) is 0.252. The number of rotatable bonds is 4. The van der Waals surface area contributed by atoms with Crippen LogP contribution in [-0.2, 0) is 30.2 Å². The summed E-state index contributed by atoms with van der Waals surface area (Å²) in [5.41, 5.74) is 4.07. The number of alkyl halides is 3. The molecule has 1 aliphatic carbocycles. The molecular weight excluding hydrogens is 479 g/mol. The van der Waals surface area contributed by atoms with Crippen LogP contribution in [0.2, 0.25) is 0 Å². The molecule has 0 radical (unpaired) electrons. The first kappa shape index (κ1) is 25.6. The van der Waals surface area contributed by atoms with Crippen molar-refractivity contribution < 1.29 is 22.8 Å². The topological polar surface area (TPSA) is 43.9 Å². The number of urea groups is 1. The Morgan fingerprint density at radius 3 is 2.65 bits per heavy atom. The first-order valence-corrected chi connectivity index (χ1v) is 13.2. The van der Waals surface area contributed by atoms with Crippen molar-refractivity contribution in [3.05, 3.63) is 69.8 Å². The molecule has 0 spiro atoms. The summed E-state index contributed by atoms with van der Waals surface area (Å²) in [5.74, 6) is 0.132. The van der Waals surface area contributed by atoms with E-state index in [4.69, 9.17) is 0 Å². The van der Waals surface area contributed by atoms with E-state index in [1.54, 1.807) is 24.9 Å². The van der Waals surface area contributed by atoms with Crippen molar-refractivity contribution in [2.24, 2.45) is 0 Å². The summed E-state index contributed by atoms with van der Waals surface area (Å²) in [5, 5.41) is 0. The molecule has 3 aliphatic rings. The number of halogens is 3. The molecule has 0 aromatic heterocycles. The standard InChI is InChI=1S/C29H34F3N3O2/c1-4-19-15-21(17-22(16-19)29(30,31)32)18(2)33(3)28(37)35-14-13-34-25(11-12-26(34)36)27(35)24-10-6-8-20-7-5-9-23(20)24/h6,8,10,15-18,25,27H,4-5,7,9,11-14H2,1-3H3. The zero-order valence-electron chi connectivity index (χ0n) is 21.6. The fraction of sp³-hybridized carbons (Fsp3) is 0.517. The lowest BCUT2D eigenvalue weighted by molar-refractivity contribution is -0.137. The lowest BCUT2D eigenvalue weighted by Crippen LogP contribution is -2.57. The van der Waals surface area contributed by atoms with Gasteiger partial charge in [0, 0.05) is 26.6 Å². The van der Waals surface area contributed by atoms with Gasteiger partial charge in [0.05, 0.1) is 23.7 Å². The van der Waals surface area contributed by atoms with Crippen molar-refractivity contribution in [2.45, 2.75) is 76.7 Å². The van der Waals surface area contributed by atoms with Gasteiger partial charge in [0.15, 0.2) is 0 Å². The van der Waals surface area contributed by atoms with Gasteiger partial charge in [-0.3, -0.25) is 4.79 Å². The number of carbonyl (C=O) groups is 2. The highest BCUT2D eigenvalue weighted by Crippen LogP contribution is 2.42. The Morgan fingerprint density at radius 2 is 1.92 bits per heavy atom. The molecule has 2 aliphatic heterocycles. The average Bonchev–Trinajstić information content (AvgIpc) is 3.52. The SMILES string of the molecule is CCc1cc(C(C)N(C)C(=O)N2CCN3C(=O)CCC3C2c2cccc3c2CCC3)cc(C(F)(F)F)c1. The van der Waals surface area contributed by atoms with Crippen molar-refractivity contribution >= 4 is 11.9 Å². The van der Waals surface area contributed by atoms with E-state index in [2.05, 4.69) is 12.1 Å². The first-order valence-electron chi connectivity index (χ1n) is 13.2. The zero-order chi connectivity index (χ0) is 26.5. The largest absolute Gasteiger partial charge is 0.416 e. The van der Waals surface area contributed by atoms with E-state index < -0.39 is 17.8 Å². The molecule has 2 fully saturated rings. The second-order valence-corrected chi connectivity index (χ2v) is 10.6. The zero-order valence-corrected chi connectivity index (χ0v) is 21.6. The molecule has 2 aromatic rings. The van der Waals surface area contributed by atoms with Gasteiger partial charge in [0.25, 0.3) is 0 Å². The molecule has 3 atom stereocenters. The van der Waals surface area contributed by atoms with E-state index in [9.17, 15) is 22.8 Å². The molecule has 0 N–H and O–H groups in total. The van der Waals surface area contributed by atoms with Crippen LogP contribution >= 0.6 is 0 Å². The number of nitrogens with zero attached hydrogens (tertiary/aromatic N) is 3. The van der Waals surface area contributed by atoms with E-state index in [1.165, 1.54) is 17.2 Å². The van der Waals surface area contributed by atoms with Crippen LogP contribution in [0.15, 0.2) is 36.4 Å². The number of aryl methyl sites for hydroxylation is 2. The van der Waals surface area contributed by atoms with Gasteiger partial charge < -0.3 is 14.7 Å². The van der Waals surface area contributed by atoms with E-state index in [-0.39, 0.29) is 24.0 Å². The molecule has 0 bridgehead atoms. The van der Waals surface area contributed by atoms with Crippen LogP contribution in [0, 0.1) is 0 Å². The van der Waals surface area contributed by atoms with Crippen molar-refractivity contribution in [1.82, 2.24) is 14.7 Å². The second kappa shape index (κ2) is 9.69. The number of fused-ring (bicyclic) bond motifs is 2. The van der Waals surface area contributed by atoms with Crippen molar-refractivity contribution in [3.8, 4) is 0 Å². The molecule has 8 heteroatoms. The lowest BCUT2D eigenvalue weighted by Gasteiger charge is -2.47. The number of piperazine rings is 1. The Morgan fingerprint density at radius 1 is 1.14 bits per heavy atom. The molecule has 198 valence electrons. The second-order valence-electron chi connectivity index (χ2n) is 10.6. The molecule has 5 rings (SSSR count). The van der Waals surface area contributed by atoms with Gasteiger partial charge in [-0.05, 0) is 79.0 Å². The molecule has 3 unspecified atom stereocenters. The Kier molecular flexibility index (Phi) is 6.71. The number of benzene rings is 2. The molecule has 2 saturated heterocycles. The van der Waals surface area contributed by atoms with E-state index >= 15 is 0 Å². The summed E-state index contributed by atoms with van der Waals surface area (Å²) >= 11 is 0. The smallest absolute Gasteiger partial charge is 0.335 e. The molecule has 5 nitrogen and oxygen atoms in total. The van der Waals surface area contributed by atoms with Crippen LogP contribution in [0.25, 0.3) is 0 Å². The fourth-order valence-electron chi connectivity index (χ4n) is 6.37. The van der Waals surface area contributed by atoms with Crippen LogP contribution in [-0.4, -0.2) is 52.8 Å². The predicted octanol–water partition coefficient (Wildman–Crippen LogP) is 5.92. The summed E-state index contributed by atoms with van der Waals surface area (Å²) in [6, 6.07) is 9.26. The highest BCUT2D eigenvalue weighted by molar-refractivity contribution is 5.81. The molecule has 0 saturated carbocycles. The highest BCUT2D eigenvalue weighted by Gasteiger charge is 2.47. The molecular formula is C29H34F3N3O2. The van der Waals surface area contributed by atoms with Gasteiger partial charge in [0.1, 0.15) is 0 Å². The van der Waals surface area contributed by atoms with E-state index in [1.807, 2.05) is 22.8 Å². The summed E-state index contributed by atoms with van der Waals surface area (Å²) in [7, 11) is 1.66. The maximum Gasteiger partial charge on any atom is 0.416 e. The van der Waals surface area contributed by atoms with E-state index in [0.29, 0.717) is 43.5 Å². The lowest BCUT2D eigenvalue weighted by atomic mass is 9.89. The summed E-state index contributed by atoms with van der Waals surface area (Å²) in [6.45, 7) is 4.48. The van der Waals surface area contributed by atoms with Crippen molar-refractivity contribution in [1.29, 1.82) is 0 Å². The van der Waals surface area contributed by atoms with Crippen LogP contribution in [0.1, 0.15) is 78.6 Å². The van der Waals surface area contributed by atoms with Gasteiger partial charge in [-0.2, -0.15) is 13.2 Å². The van der Waals surface area contributed by atoms with Gasteiger partial charge in [0.2, 0.25) is 5.91 Å². The molecule has 37 heavy (non-hydrogen) atoms. The fourth-order valence-corrected chi connectivity index (χ4v) is 6.37. The average molecular weight is 514 g/mol. The Bertz CT molecular complexity index is 1210. The third-order valence-electron chi connectivity index (χ3n) is 8.52. The molecule has 2 heterocycles. The van der Waals surface area contributed by atoms with E-state index in [0.717, 1.165) is 30.9 Å². The summed E-state index contributed by atoms with van der Waals surface area (Å²) in [4.78, 5) is 32.0. The maximum absolute atomic E-state index is 14.0. The molecule has 2 aromatic carbocycles. The highest BCUT2D eigenvalue weighted by atomic mass is 19.4. The first-order chi connectivity index (χ1) is 17.6. The van der Waals surface area contributed by atoms with Gasteiger partial charge in [-0.25, -0.2) is 4.79 Å².